The molecular weight excluding hydrogens is 507 g/mol. The molecule has 210 valence electrons. The monoisotopic (exact) mass is 542 g/mol. The molecule has 3 aliphatic rings. The normalized spacial score (nSPS) is 20.5. The molecule has 13 heteroatoms. The van der Waals surface area contributed by atoms with Gasteiger partial charge in [-0.15, -0.1) is 0 Å². The summed E-state index contributed by atoms with van der Waals surface area (Å²) in [6.45, 7) is 10.6. The first kappa shape index (κ1) is 26.9. The molecule has 1 atom stereocenters. The van der Waals surface area contributed by atoms with E-state index in [1.165, 1.54) is 12.3 Å². The smallest absolute Gasteiger partial charge is 0.410 e. The summed E-state index contributed by atoms with van der Waals surface area (Å²) in [7, 11) is 0. The van der Waals surface area contributed by atoms with Crippen LogP contribution >= 0.6 is 0 Å². The molecule has 5 rings (SSSR count). The molecule has 12 nitrogen and oxygen atoms in total. The summed E-state index contributed by atoms with van der Waals surface area (Å²) in [4.78, 5) is 46.0. The quantitative estimate of drug-likeness (QED) is 0.543. The van der Waals surface area contributed by atoms with Gasteiger partial charge in [-0.25, -0.2) is 14.2 Å². The van der Waals surface area contributed by atoms with Gasteiger partial charge in [0, 0.05) is 51.8 Å². The van der Waals surface area contributed by atoms with Crippen LogP contribution in [0.2, 0.25) is 0 Å². The maximum Gasteiger partial charge on any atom is 0.410 e. The Bertz CT molecular complexity index is 1250. The minimum Gasteiger partial charge on any atom is -0.444 e. The van der Waals surface area contributed by atoms with E-state index in [-0.39, 0.29) is 24.2 Å². The van der Waals surface area contributed by atoms with Gasteiger partial charge < -0.3 is 19.9 Å². The number of piperazine rings is 1. The zero-order valence-electron chi connectivity index (χ0n) is 22.6. The zero-order valence-corrected chi connectivity index (χ0v) is 22.6. The Morgan fingerprint density at radius 2 is 1.92 bits per heavy atom. The van der Waals surface area contributed by atoms with E-state index in [0.29, 0.717) is 51.4 Å². The van der Waals surface area contributed by atoms with Crippen molar-refractivity contribution < 1.29 is 23.5 Å². The second-order valence-corrected chi connectivity index (χ2v) is 11.2. The van der Waals surface area contributed by atoms with Crippen molar-refractivity contribution in [1.29, 1.82) is 0 Å². The number of hydrogen-bond donors (Lipinski definition) is 2. The van der Waals surface area contributed by atoms with Crippen LogP contribution in [0.15, 0.2) is 18.3 Å². The van der Waals surface area contributed by atoms with E-state index in [4.69, 9.17) is 9.84 Å². The summed E-state index contributed by atoms with van der Waals surface area (Å²) in [5, 5.41) is 9.97. The lowest BCUT2D eigenvalue weighted by Crippen LogP contribution is -2.47. The van der Waals surface area contributed by atoms with Gasteiger partial charge in [0.1, 0.15) is 11.6 Å². The number of amides is 3. The van der Waals surface area contributed by atoms with Crippen molar-refractivity contribution in [2.24, 2.45) is 0 Å². The van der Waals surface area contributed by atoms with Crippen molar-refractivity contribution in [3.63, 3.8) is 0 Å². The first-order valence-corrected chi connectivity index (χ1v) is 13.3. The summed E-state index contributed by atoms with van der Waals surface area (Å²) in [6.07, 6.45) is 1.81. The average molecular weight is 543 g/mol. The van der Waals surface area contributed by atoms with E-state index in [1.54, 1.807) is 4.90 Å². The van der Waals surface area contributed by atoms with Gasteiger partial charge in [0.05, 0.1) is 36.4 Å². The van der Waals surface area contributed by atoms with E-state index in [2.05, 4.69) is 20.5 Å². The molecule has 5 heterocycles. The van der Waals surface area contributed by atoms with Crippen LogP contribution in [0, 0.1) is 5.82 Å². The second kappa shape index (κ2) is 10.8. The van der Waals surface area contributed by atoms with Gasteiger partial charge in [-0.3, -0.25) is 24.5 Å². The summed E-state index contributed by atoms with van der Waals surface area (Å²) >= 11 is 0. The summed E-state index contributed by atoms with van der Waals surface area (Å²) in [5.41, 5.74) is 1.80. The number of anilines is 2. The number of pyridine rings is 1. The van der Waals surface area contributed by atoms with E-state index in [1.807, 2.05) is 36.4 Å². The highest BCUT2D eigenvalue weighted by Gasteiger charge is 2.29. The SMILES string of the molecule is CC(C)(C)OC(=O)N1CCn2nc(CN3CCN(c4ncc(NC5CCC(=O)NC5=O)cc4F)CC3)cc2C1. The van der Waals surface area contributed by atoms with Gasteiger partial charge >= 0.3 is 6.09 Å². The van der Waals surface area contributed by atoms with Crippen molar-refractivity contribution >= 4 is 29.4 Å². The fraction of sp³-hybridized carbons (Fsp3) is 0.577. The summed E-state index contributed by atoms with van der Waals surface area (Å²) in [6, 6.07) is 2.79. The standard InChI is InChI=1S/C26H35FN8O4/c1-26(2,3)39-25(38)34-10-11-35-19(16-34)12-18(31-35)15-32-6-8-33(9-7-32)23-20(27)13-17(14-28-23)29-21-4-5-22(36)30-24(21)37/h12-14,21,29H,4-11,15-16H2,1-3H3,(H,30,36,37). The van der Waals surface area contributed by atoms with Crippen LogP contribution < -0.4 is 15.5 Å². The van der Waals surface area contributed by atoms with Gasteiger partial charge in [-0.1, -0.05) is 0 Å². The zero-order chi connectivity index (χ0) is 27.7. The maximum absolute atomic E-state index is 14.9. The molecule has 0 aliphatic carbocycles. The van der Waals surface area contributed by atoms with Crippen molar-refractivity contribution in [2.45, 2.75) is 64.9 Å². The molecule has 0 aromatic carbocycles. The number of halogens is 1. The number of ether oxygens (including phenoxy) is 1. The predicted octanol–water partition coefficient (Wildman–Crippen LogP) is 1.71. The molecule has 2 saturated heterocycles. The molecule has 3 aliphatic heterocycles. The number of imide groups is 1. The van der Waals surface area contributed by atoms with Crippen molar-refractivity contribution in [3.05, 3.63) is 35.5 Å². The molecule has 2 N–H and O–H groups in total. The van der Waals surface area contributed by atoms with E-state index in [9.17, 15) is 18.8 Å². The van der Waals surface area contributed by atoms with Gasteiger partial charge in [0.25, 0.3) is 0 Å². The van der Waals surface area contributed by atoms with Crippen LogP contribution in [0.3, 0.4) is 0 Å². The van der Waals surface area contributed by atoms with Gasteiger partial charge in [0.15, 0.2) is 11.6 Å². The Morgan fingerprint density at radius 1 is 1.15 bits per heavy atom. The number of carbonyl (C=O) groups is 3. The second-order valence-electron chi connectivity index (χ2n) is 11.2. The van der Waals surface area contributed by atoms with Crippen LogP contribution in [0.25, 0.3) is 0 Å². The highest BCUT2D eigenvalue weighted by Crippen LogP contribution is 2.23. The van der Waals surface area contributed by atoms with Crippen LogP contribution in [-0.4, -0.2) is 86.8 Å². The van der Waals surface area contributed by atoms with Crippen LogP contribution in [0.5, 0.6) is 0 Å². The third kappa shape index (κ3) is 6.47. The Balaban J connectivity index is 1.12. The fourth-order valence-corrected chi connectivity index (χ4v) is 5.01. The Labute approximate surface area is 226 Å². The summed E-state index contributed by atoms with van der Waals surface area (Å²) in [5.74, 6) is -0.889. The Kier molecular flexibility index (Phi) is 7.43. The number of hydrogen-bond acceptors (Lipinski definition) is 9. The fourth-order valence-electron chi connectivity index (χ4n) is 5.01. The first-order chi connectivity index (χ1) is 18.5. The molecule has 0 bridgehead atoms. The molecular formula is C26H35FN8O4. The van der Waals surface area contributed by atoms with Crippen molar-refractivity contribution in [1.82, 2.24) is 29.9 Å². The van der Waals surface area contributed by atoms with Crippen LogP contribution in [0.4, 0.5) is 20.7 Å². The molecule has 1 unspecified atom stereocenters. The highest BCUT2D eigenvalue weighted by molar-refractivity contribution is 6.01. The number of carbonyl (C=O) groups excluding carboxylic acids is 3. The van der Waals surface area contributed by atoms with E-state index < -0.39 is 23.4 Å². The Hall–Kier alpha value is -3.74. The maximum atomic E-state index is 14.9. The molecule has 2 aromatic rings. The van der Waals surface area contributed by atoms with Crippen LogP contribution in [-0.2, 0) is 34.0 Å². The summed E-state index contributed by atoms with van der Waals surface area (Å²) < 4.78 is 22.4. The Morgan fingerprint density at radius 3 is 2.62 bits per heavy atom. The molecule has 3 amide bonds. The number of rotatable bonds is 5. The largest absolute Gasteiger partial charge is 0.444 e. The van der Waals surface area contributed by atoms with Gasteiger partial charge in [-0.2, -0.15) is 5.10 Å². The predicted molar refractivity (Wildman–Crippen MR) is 140 cm³/mol. The number of nitrogens with one attached hydrogen (secondary N) is 2. The third-order valence-corrected chi connectivity index (χ3v) is 6.96. The first-order valence-electron chi connectivity index (χ1n) is 13.3. The van der Waals surface area contributed by atoms with Gasteiger partial charge in [0.2, 0.25) is 11.8 Å². The molecule has 0 spiro atoms. The number of aromatic nitrogens is 3. The number of fused-ring (bicyclic) bond motifs is 1. The lowest BCUT2D eigenvalue weighted by molar-refractivity contribution is -0.133. The lowest BCUT2D eigenvalue weighted by atomic mass is 10.1. The van der Waals surface area contributed by atoms with E-state index in [0.717, 1.165) is 24.5 Å². The minimum absolute atomic E-state index is 0.244. The number of piperidine rings is 1. The van der Waals surface area contributed by atoms with Crippen molar-refractivity contribution in [3.8, 4) is 0 Å². The molecule has 2 aromatic heterocycles. The lowest BCUT2D eigenvalue weighted by Gasteiger charge is -2.35. The number of nitrogens with zero attached hydrogens (tertiary/aromatic N) is 6. The molecule has 39 heavy (non-hydrogen) atoms. The van der Waals surface area contributed by atoms with Crippen molar-refractivity contribution in [2.75, 3.05) is 42.9 Å². The van der Waals surface area contributed by atoms with Gasteiger partial charge in [-0.05, 0) is 33.3 Å². The van der Waals surface area contributed by atoms with Crippen LogP contribution in [0.1, 0.15) is 45.0 Å². The minimum atomic E-state index is -0.590. The molecule has 2 fully saturated rings. The van der Waals surface area contributed by atoms with E-state index >= 15 is 0 Å². The highest BCUT2D eigenvalue weighted by atomic mass is 19.1. The topological polar surface area (TPSA) is 125 Å². The average Bonchev–Trinajstić information content (AvgIpc) is 3.27. The molecule has 0 saturated carbocycles. The third-order valence-electron chi connectivity index (χ3n) is 6.96. The molecule has 0 radical (unpaired) electrons.